The van der Waals surface area contributed by atoms with Crippen molar-refractivity contribution in [3.63, 3.8) is 0 Å². The van der Waals surface area contributed by atoms with Gasteiger partial charge in [-0.25, -0.2) is 56.2 Å². The van der Waals surface area contributed by atoms with Gasteiger partial charge >= 0.3 is 0 Å². The van der Waals surface area contributed by atoms with E-state index in [1.165, 1.54) is 36.7 Å². The molecule has 0 fully saturated rings. The molecule has 3 N–H and O–H groups in total. The highest BCUT2D eigenvalue weighted by molar-refractivity contribution is 6.18. The van der Waals surface area contributed by atoms with Gasteiger partial charge in [-0.2, -0.15) is 0 Å². The van der Waals surface area contributed by atoms with Gasteiger partial charge in [-0.1, -0.05) is 36.4 Å². The van der Waals surface area contributed by atoms with E-state index in [1.54, 1.807) is 41.2 Å². The minimum Gasteiger partial charge on any atom is -0.340 e. The number of rotatable bonds is 11. The predicted molar refractivity (Wildman–Crippen MR) is 225 cm³/mol. The van der Waals surface area contributed by atoms with Crippen molar-refractivity contribution in [2.24, 2.45) is 0 Å². The number of nitrogens with one attached hydrogen (secondary N) is 3. The fourth-order valence-electron chi connectivity index (χ4n) is 5.59. The molecule has 19 heteroatoms. The van der Waals surface area contributed by atoms with E-state index >= 15 is 0 Å². The maximum atomic E-state index is 14.4. The zero-order chi connectivity index (χ0) is 43.6. The molecule has 0 unspecified atom stereocenters. The first kappa shape index (κ1) is 43.9. The fraction of sp³-hybridized carbons (Fsp3) is 0.190. The molecular weight excluding hydrogens is 822 g/mol. The summed E-state index contributed by atoms with van der Waals surface area (Å²) in [5.74, 6) is -3.08. The molecule has 0 bridgehead atoms. The predicted octanol–water partition coefficient (Wildman–Crippen LogP) is 9.18. The lowest BCUT2D eigenvalue weighted by molar-refractivity contribution is 0.386. The number of benzene rings is 4. The van der Waals surface area contributed by atoms with Crippen molar-refractivity contribution >= 4 is 56.9 Å². The van der Waals surface area contributed by atoms with Gasteiger partial charge in [0.1, 0.15) is 51.8 Å². The number of para-hydroxylation sites is 2. The largest absolute Gasteiger partial charge is 0.340 e. The van der Waals surface area contributed by atoms with Crippen LogP contribution in [-0.4, -0.2) is 96.4 Å². The number of anilines is 4. The minimum absolute atomic E-state index is 0.0527. The molecule has 4 aromatic heterocycles. The number of nitrogens with zero attached hydrogens (tertiary/aromatic N) is 9. The highest BCUT2D eigenvalue weighted by atomic mass is 35.5. The van der Waals surface area contributed by atoms with E-state index in [1.807, 2.05) is 38.0 Å². The van der Waals surface area contributed by atoms with Gasteiger partial charge in [-0.05, 0) is 76.7 Å². The zero-order valence-electron chi connectivity index (χ0n) is 33.2. The molecule has 8 aromatic rings. The van der Waals surface area contributed by atoms with Crippen molar-refractivity contribution in [3.05, 3.63) is 132 Å². The summed E-state index contributed by atoms with van der Waals surface area (Å²) in [5, 5.41) is 5.29. The molecule has 0 aliphatic carbocycles. The van der Waals surface area contributed by atoms with Gasteiger partial charge < -0.3 is 30.0 Å². The van der Waals surface area contributed by atoms with Crippen molar-refractivity contribution in [1.29, 1.82) is 0 Å². The number of halogens is 7. The van der Waals surface area contributed by atoms with Crippen LogP contribution in [0.5, 0.6) is 0 Å². The van der Waals surface area contributed by atoms with E-state index in [9.17, 15) is 26.3 Å². The Morgan fingerprint density at radius 1 is 0.590 bits per heavy atom. The average molecular weight is 861 g/mol. The van der Waals surface area contributed by atoms with Gasteiger partial charge in [0, 0.05) is 25.5 Å². The first-order valence-electron chi connectivity index (χ1n) is 18.6. The first-order chi connectivity index (χ1) is 29.3. The van der Waals surface area contributed by atoms with Crippen LogP contribution in [0.1, 0.15) is 0 Å². The zero-order valence-corrected chi connectivity index (χ0v) is 34.0. The van der Waals surface area contributed by atoms with Crippen molar-refractivity contribution in [3.8, 4) is 22.8 Å². The monoisotopic (exact) mass is 860 g/mol. The number of likely N-dealkylation sites (N-methyl/N-ethyl adjacent to an activating group) is 1. The van der Waals surface area contributed by atoms with Crippen LogP contribution >= 0.6 is 11.6 Å². The molecule has 0 spiro atoms. The summed E-state index contributed by atoms with van der Waals surface area (Å²) >= 11 is 5.35. The minimum atomic E-state index is -0.779. The lowest BCUT2D eigenvalue weighted by atomic mass is 10.2. The maximum Gasteiger partial charge on any atom is 0.183 e. The summed E-state index contributed by atoms with van der Waals surface area (Å²) in [6.45, 7) is 2.27. The molecule has 4 heterocycles. The summed E-state index contributed by atoms with van der Waals surface area (Å²) in [5.41, 5.74) is 0.966. The lowest BCUT2D eigenvalue weighted by Gasteiger charge is -2.12. The molecular formula is C42H39ClF6N12. The molecule has 4 aromatic carbocycles. The van der Waals surface area contributed by atoms with Crippen LogP contribution in [0.15, 0.2) is 97.6 Å². The van der Waals surface area contributed by atoms with E-state index in [0.717, 1.165) is 43.2 Å². The van der Waals surface area contributed by atoms with E-state index in [4.69, 9.17) is 11.6 Å². The fourth-order valence-corrected chi connectivity index (χ4v) is 5.93. The number of alkyl halides is 1. The smallest absolute Gasteiger partial charge is 0.183 e. The van der Waals surface area contributed by atoms with Crippen LogP contribution < -0.4 is 10.6 Å². The van der Waals surface area contributed by atoms with Gasteiger partial charge in [-0.15, -0.1) is 11.6 Å². The normalized spacial score (nSPS) is 11.1. The number of aromatic nitrogens is 8. The standard InChI is InChI=1S/C21H19F3N6.C17H10F3N5.C4H10ClN/c1-29(2)10-11-30-12-25-18-20(26-17-15(23)8-5-9-16(17)24)27-19(28-21(18)30)13-6-3-4-7-14(13)22;18-10-5-2-1-4-9(10)15-24-16-14(21-8-22-16)17(25-15)23-13-11(19)6-3-7-12(13)20;1-6(2)4-3-5/h3-9,12H,10-11H2,1-2H3,(H,26,27,28);1-8H,(H2,21,22,23,24,25);3-4H2,1-2H3. The Morgan fingerprint density at radius 3 is 1.59 bits per heavy atom. The van der Waals surface area contributed by atoms with E-state index < -0.39 is 34.9 Å². The molecule has 61 heavy (non-hydrogen) atoms. The average Bonchev–Trinajstić information content (AvgIpc) is 3.88. The molecule has 316 valence electrons. The quantitative estimate of drug-likeness (QED) is 0.0856. The summed E-state index contributed by atoms with van der Waals surface area (Å²) in [6, 6.07) is 19.1. The number of hydrogen-bond donors (Lipinski definition) is 3. The van der Waals surface area contributed by atoms with Gasteiger partial charge in [0.05, 0.1) is 23.8 Å². The highest BCUT2D eigenvalue weighted by Gasteiger charge is 2.20. The Kier molecular flexibility index (Phi) is 14.5. The highest BCUT2D eigenvalue weighted by Crippen LogP contribution is 2.31. The molecule has 0 saturated heterocycles. The molecule has 12 nitrogen and oxygen atoms in total. The van der Waals surface area contributed by atoms with Gasteiger partial charge in [0.25, 0.3) is 0 Å². The number of hydrogen-bond acceptors (Lipinski definition) is 10. The first-order valence-corrected chi connectivity index (χ1v) is 19.1. The SMILES string of the molecule is CN(C)CCCl.CN(C)CCn1cnc2c(Nc3c(F)cccc3F)nc(-c3ccccc3F)nc21.Fc1ccccc1-c1nc(Nc2c(F)cccc2F)c2[nH]cnc2n1. The number of fused-ring (bicyclic) bond motifs is 2. The molecule has 8 rings (SSSR count). The van der Waals surface area contributed by atoms with Crippen LogP contribution in [0.2, 0.25) is 0 Å². The second-order valence-electron chi connectivity index (χ2n) is 13.7. The Bertz CT molecular complexity index is 2700. The third-order valence-corrected chi connectivity index (χ3v) is 8.88. The molecule has 0 aliphatic heterocycles. The lowest BCUT2D eigenvalue weighted by Crippen LogP contribution is -2.18. The van der Waals surface area contributed by atoms with Gasteiger partial charge in [0.2, 0.25) is 0 Å². The van der Waals surface area contributed by atoms with Gasteiger partial charge in [0.15, 0.2) is 40.1 Å². The Balaban J connectivity index is 0.000000182. The van der Waals surface area contributed by atoms with Crippen LogP contribution in [0.25, 0.3) is 45.1 Å². The Morgan fingerprint density at radius 2 is 1.08 bits per heavy atom. The summed E-state index contributed by atoms with van der Waals surface area (Å²) < 4.78 is 86.5. The van der Waals surface area contributed by atoms with Crippen LogP contribution in [0, 0.1) is 34.9 Å². The maximum absolute atomic E-state index is 14.4. The summed E-state index contributed by atoms with van der Waals surface area (Å²) in [6.07, 6.45) is 2.95. The molecule has 0 saturated carbocycles. The van der Waals surface area contributed by atoms with E-state index in [-0.39, 0.29) is 51.4 Å². The van der Waals surface area contributed by atoms with Crippen LogP contribution in [0.4, 0.5) is 49.4 Å². The molecule has 0 atom stereocenters. The number of aromatic amines is 1. The number of imidazole rings is 2. The second-order valence-corrected chi connectivity index (χ2v) is 14.1. The van der Waals surface area contributed by atoms with Crippen molar-refractivity contribution in [2.45, 2.75) is 6.54 Å². The van der Waals surface area contributed by atoms with Crippen LogP contribution in [0.3, 0.4) is 0 Å². The van der Waals surface area contributed by atoms with E-state index in [2.05, 4.69) is 45.5 Å². The third kappa shape index (κ3) is 10.8. The second kappa shape index (κ2) is 20.1. The number of H-pyrrole nitrogens is 1. The molecule has 0 radical (unpaired) electrons. The Labute approximate surface area is 351 Å². The molecule has 0 aliphatic rings. The summed E-state index contributed by atoms with van der Waals surface area (Å²) in [7, 11) is 7.88. The summed E-state index contributed by atoms with van der Waals surface area (Å²) in [4.78, 5) is 32.4. The topological polar surface area (TPSA) is 129 Å². The Hall–Kier alpha value is -6.63. The van der Waals surface area contributed by atoms with Crippen molar-refractivity contribution in [2.75, 3.05) is 57.8 Å². The van der Waals surface area contributed by atoms with Crippen molar-refractivity contribution in [1.82, 2.24) is 49.3 Å². The van der Waals surface area contributed by atoms with Gasteiger partial charge in [-0.3, -0.25) is 0 Å². The van der Waals surface area contributed by atoms with E-state index in [0.29, 0.717) is 23.2 Å². The van der Waals surface area contributed by atoms with Crippen molar-refractivity contribution < 1.29 is 26.3 Å². The third-order valence-electron chi connectivity index (χ3n) is 8.71. The molecule has 0 amide bonds. The van der Waals surface area contributed by atoms with Crippen LogP contribution in [-0.2, 0) is 6.54 Å².